The van der Waals surface area contributed by atoms with Gasteiger partial charge in [0.05, 0.1) is 10.0 Å². The first-order valence-electron chi connectivity index (χ1n) is 4.81. The van der Waals surface area contributed by atoms with Crippen LogP contribution in [0.5, 0.6) is 5.75 Å². The molecular weight excluding hydrogens is 287 g/mol. The van der Waals surface area contributed by atoms with Crippen molar-refractivity contribution in [3.8, 4) is 5.75 Å². The van der Waals surface area contributed by atoms with E-state index in [9.17, 15) is 13.6 Å². The maximum atomic E-state index is 12.1. The second-order valence-electron chi connectivity index (χ2n) is 3.14. The average Bonchev–Trinajstić information content (AvgIpc) is 2.23. The van der Waals surface area contributed by atoms with Crippen LogP contribution < -0.4 is 10.1 Å². The minimum atomic E-state index is -3.02. The van der Waals surface area contributed by atoms with Gasteiger partial charge in [-0.25, -0.2) is 0 Å². The van der Waals surface area contributed by atoms with Gasteiger partial charge in [-0.2, -0.15) is 8.78 Å². The number of alkyl halides is 2. The van der Waals surface area contributed by atoms with E-state index in [1.54, 1.807) is 13.0 Å². The van der Waals surface area contributed by atoms with Crippen molar-refractivity contribution in [2.75, 3.05) is 5.32 Å². The van der Waals surface area contributed by atoms with Crippen molar-refractivity contribution in [3.63, 3.8) is 0 Å². The van der Waals surface area contributed by atoms with E-state index in [0.29, 0.717) is 0 Å². The van der Waals surface area contributed by atoms with Crippen LogP contribution >= 0.6 is 23.2 Å². The standard InChI is InChI=1S/C11H9Cl2F2NO2/c1-2-3-9(17)16-6-4-7(12)10(8(13)5-6)18-11(14)15/h2-5,11H,1H3,(H,16,17). The zero-order valence-corrected chi connectivity index (χ0v) is 10.7. The fraction of sp³-hybridized carbons (Fsp3) is 0.182. The molecule has 0 bridgehead atoms. The molecule has 0 radical (unpaired) electrons. The highest BCUT2D eigenvalue weighted by Gasteiger charge is 2.14. The molecule has 0 aliphatic rings. The molecule has 0 fully saturated rings. The molecule has 0 aliphatic heterocycles. The van der Waals surface area contributed by atoms with Gasteiger partial charge in [0.25, 0.3) is 0 Å². The van der Waals surface area contributed by atoms with Gasteiger partial charge >= 0.3 is 6.61 Å². The molecule has 0 heterocycles. The summed E-state index contributed by atoms with van der Waals surface area (Å²) in [5, 5.41) is 2.24. The van der Waals surface area contributed by atoms with Crippen LogP contribution in [0.2, 0.25) is 10.0 Å². The Hall–Kier alpha value is -1.33. The number of hydrogen-bond donors (Lipinski definition) is 1. The van der Waals surface area contributed by atoms with Crippen LogP contribution in [-0.4, -0.2) is 12.5 Å². The summed E-state index contributed by atoms with van der Waals surface area (Å²) >= 11 is 11.5. The van der Waals surface area contributed by atoms with Gasteiger partial charge in [-0.3, -0.25) is 4.79 Å². The third-order valence-electron chi connectivity index (χ3n) is 1.79. The minimum absolute atomic E-state index is 0.112. The van der Waals surface area contributed by atoms with E-state index >= 15 is 0 Å². The molecule has 1 N–H and O–H groups in total. The van der Waals surface area contributed by atoms with Crippen LogP contribution in [0.15, 0.2) is 24.3 Å². The SMILES string of the molecule is CC=CC(=O)Nc1cc(Cl)c(OC(F)F)c(Cl)c1. The van der Waals surface area contributed by atoms with Crippen molar-refractivity contribution < 1.29 is 18.3 Å². The van der Waals surface area contributed by atoms with Crippen molar-refractivity contribution in [1.82, 2.24) is 0 Å². The maximum Gasteiger partial charge on any atom is 0.387 e. The number of allylic oxidation sites excluding steroid dienone is 1. The molecule has 0 aliphatic carbocycles. The van der Waals surface area contributed by atoms with Crippen LogP contribution in [0, 0.1) is 0 Å². The predicted molar refractivity (Wildman–Crippen MR) is 66.5 cm³/mol. The Morgan fingerprint density at radius 3 is 2.39 bits per heavy atom. The Labute approximate surface area is 112 Å². The number of hydrogen-bond acceptors (Lipinski definition) is 2. The summed E-state index contributed by atoms with van der Waals surface area (Å²) in [5.74, 6) is -0.704. The first-order chi connectivity index (χ1) is 8.43. The first-order valence-corrected chi connectivity index (χ1v) is 5.57. The number of anilines is 1. The molecule has 1 aromatic rings. The lowest BCUT2D eigenvalue weighted by molar-refractivity contribution is -0.111. The van der Waals surface area contributed by atoms with Gasteiger partial charge in [-0.15, -0.1) is 0 Å². The predicted octanol–water partition coefficient (Wildman–Crippen LogP) is 4.11. The molecule has 0 saturated carbocycles. The van der Waals surface area contributed by atoms with Gasteiger partial charge in [0.15, 0.2) is 5.75 Å². The summed E-state index contributed by atoms with van der Waals surface area (Å²) in [6.45, 7) is -1.34. The van der Waals surface area contributed by atoms with Crippen LogP contribution in [0.3, 0.4) is 0 Å². The highest BCUT2D eigenvalue weighted by atomic mass is 35.5. The molecule has 0 spiro atoms. The highest BCUT2D eigenvalue weighted by molar-refractivity contribution is 6.37. The average molecular weight is 296 g/mol. The molecule has 1 amide bonds. The van der Waals surface area contributed by atoms with Crippen molar-refractivity contribution in [1.29, 1.82) is 0 Å². The summed E-state index contributed by atoms with van der Waals surface area (Å²) in [6.07, 6.45) is 2.85. The van der Waals surface area contributed by atoms with Gasteiger partial charge in [0.1, 0.15) is 0 Å². The Kier molecular flexibility index (Phi) is 5.37. The van der Waals surface area contributed by atoms with Crippen LogP contribution in [0.1, 0.15) is 6.92 Å². The van der Waals surface area contributed by atoms with Crippen LogP contribution in [-0.2, 0) is 4.79 Å². The summed E-state index contributed by atoms with van der Waals surface area (Å²) < 4.78 is 28.3. The first kappa shape index (κ1) is 14.7. The van der Waals surface area contributed by atoms with E-state index in [4.69, 9.17) is 23.2 Å². The largest absolute Gasteiger partial charge is 0.432 e. The number of ether oxygens (including phenoxy) is 1. The molecule has 0 aromatic heterocycles. The Bertz CT molecular complexity index is 455. The second-order valence-corrected chi connectivity index (χ2v) is 3.95. The fourth-order valence-electron chi connectivity index (χ4n) is 1.17. The molecule has 0 atom stereocenters. The topological polar surface area (TPSA) is 38.3 Å². The zero-order valence-electron chi connectivity index (χ0n) is 9.22. The van der Waals surface area contributed by atoms with E-state index in [0.717, 1.165) is 0 Å². The Morgan fingerprint density at radius 1 is 1.39 bits per heavy atom. The van der Waals surface area contributed by atoms with E-state index in [2.05, 4.69) is 10.1 Å². The molecule has 98 valence electrons. The number of benzene rings is 1. The molecule has 3 nitrogen and oxygen atoms in total. The molecule has 18 heavy (non-hydrogen) atoms. The molecule has 7 heteroatoms. The summed E-state index contributed by atoms with van der Waals surface area (Å²) in [6, 6.07) is 2.54. The molecule has 0 unspecified atom stereocenters. The molecule has 0 saturated heterocycles. The van der Waals surface area contributed by atoms with Gasteiger partial charge in [0.2, 0.25) is 5.91 Å². The molecule has 1 aromatic carbocycles. The van der Waals surface area contributed by atoms with E-state index in [1.807, 2.05) is 0 Å². The third-order valence-corrected chi connectivity index (χ3v) is 2.35. The van der Waals surface area contributed by atoms with E-state index in [1.165, 1.54) is 18.2 Å². The van der Waals surface area contributed by atoms with Crippen molar-refractivity contribution >= 4 is 34.8 Å². The number of nitrogens with one attached hydrogen (secondary N) is 1. The zero-order chi connectivity index (χ0) is 13.7. The van der Waals surface area contributed by atoms with Gasteiger partial charge in [-0.1, -0.05) is 29.3 Å². The normalized spacial score (nSPS) is 11.0. The summed E-state index contributed by atoms with van der Waals surface area (Å²) in [7, 11) is 0. The number of amides is 1. The Balaban J connectivity index is 2.95. The summed E-state index contributed by atoms with van der Waals surface area (Å²) in [4.78, 5) is 11.3. The van der Waals surface area contributed by atoms with Crippen molar-refractivity contribution in [3.05, 3.63) is 34.3 Å². The van der Waals surface area contributed by atoms with Gasteiger partial charge in [0, 0.05) is 5.69 Å². The lowest BCUT2D eigenvalue weighted by Gasteiger charge is -2.11. The lowest BCUT2D eigenvalue weighted by atomic mass is 10.3. The Morgan fingerprint density at radius 2 is 1.94 bits per heavy atom. The van der Waals surface area contributed by atoms with Gasteiger partial charge < -0.3 is 10.1 Å². The monoisotopic (exact) mass is 295 g/mol. The molecule has 1 rings (SSSR count). The fourth-order valence-corrected chi connectivity index (χ4v) is 1.75. The summed E-state index contributed by atoms with van der Waals surface area (Å²) in [5.41, 5.74) is 0.287. The van der Waals surface area contributed by atoms with Crippen molar-refractivity contribution in [2.24, 2.45) is 0 Å². The van der Waals surface area contributed by atoms with Crippen LogP contribution in [0.4, 0.5) is 14.5 Å². The van der Waals surface area contributed by atoms with E-state index in [-0.39, 0.29) is 27.4 Å². The van der Waals surface area contributed by atoms with Crippen molar-refractivity contribution in [2.45, 2.75) is 13.5 Å². The number of rotatable bonds is 4. The quantitative estimate of drug-likeness (QED) is 0.849. The number of carbonyl (C=O) groups is 1. The van der Waals surface area contributed by atoms with E-state index < -0.39 is 6.61 Å². The third kappa shape index (κ3) is 4.16. The number of halogens is 4. The van der Waals surface area contributed by atoms with Crippen LogP contribution in [0.25, 0.3) is 0 Å². The molecular formula is C11H9Cl2F2NO2. The van der Waals surface area contributed by atoms with Gasteiger partial charge in [-0.05, 0) is 25.1 Å². The second kappa shape index (κ2) is 6.56. The highest BCUT2D eigenvalue weighted by Crippen LogP contribution is 2.36. The number of carbonyl (C=O) groups excluding carboxylic acids is 1. The smallest absolute Gasteiger partial charge is 0.387 e. The lowest BCUT2D eigenvalue weighted by Crippen LogP contribution is -2.08. The maximum absolute atomic E-state index is 12.1. The minimum Gasteiger partial charge on any atom is -0.432 e.